The molecule has 106 valence electrons. The summed E-state index contributed by atoms with van der Waals surface area (Å²) in [5.41, 5.74) is 8.29. The van der Waals surface area contributed by atoms with Crippen molar-refractivity contribution in [2.75, 3.05) is 6.61 Å². The lowest BCUT2D eigenvalue weighted by atomic mass is 9.98. The van der Waals surface area contributed by atoms with Gasteiger partial charge >= 0.3 is 0 Å². The third-order valence-electron chi connectivity index (χ3n) is 3.46. The van der Waals surface area contributed by atoms with Crippen molar-refractivity contribution in [3.8, 4) is 5.75 Å². The van der Waals surface area contributed by atoms with Gasteiger partial charge in [-0.2, -0.15) is 0 Å². The topological polar surface area (TPSA) is 35.2 Å². The molecule has 2 aromatic rings. The molecule has 1 unspecified atom stereocenters. The molecule has 0 radical (unpaired) electrons. The first-order valence-corrected chi connectivity index (χ1v) is 7.17. The summed E-state index contributed by atoms with van der Waals surface area (Å²) in [5.74, 6) is 0.926. The van der Waals surface area contributed by atoms with Crippen LogP contribution in [0.5, 0.6) is 5.75 Å². The first kappa shape index (κ1) is 14.6. The largest absolute Gasteiger partial charge is 0.489 e. The minimum absolute atomic E-state index is 0.109. The van der Waals surface area contributed by atoms with Gasteiger partial charge < -0.3 is 10.5 Å². The van der Waals surface area contributed by atoms with Crippen LogP contribution in [0.2, 0.25) is 0 Å². The molecule has 0 heterocycles. The van der Waals surface area contributed by atoms with Crippen LogP contribution in [0, 0.1) is 0 Å². The van der Waals surface area contributed by atoms with Gasteiger partial charge in [0, 0.05) is 11.6 Å². The van der Waals surface area contributed by atoms with Gasteiger partial charge in [0.25, 0.3) is 0 Å². The first-order chi connectivity index (χ1) is 9.61. The number of benzene rings is 2. The third-order valence-corrected chi connectivity index (χ3v) is 3.46. The number of hydrogen-bond acceptors (Lipinski definition) is 2. The number of nitrogens with two attached hydrogens (primary N) is 1. The normalized spacial score (nSPS) is 12.3. The summed E-state index contributed by atoms with van der Waals surface area (Å²) >= 11 is 0. The van der Waals surface area contributed by atoms with Crippen molar-refractivity contribution in [1.82, 2.24) is 0 Å². The van der Waals surface area contributed by atoms with E-state index >= 15 is 0 Å². The summed E-state index contributed by atoms with van der Waals surface area (Å²) in [4.78, 5) is 0. The van der Waals surface area contributed by atoms with Gasteiger partial charge in [0.1, 0.15) is 12.4 Å². The SMILES string of the molecule is C=C(CC)COc1ccc2ccccc2c1CC(C)N. The van der Waals surface area contributed by atoms with Crippen LogP contribution >= 0.6 is 0 Å². The molecule has 2 N–H and O–H groups in total. The van der Waals surface area contributed by atoms with E-state index in [-0.39, 0.29) is 6.04 Å². The quantitative estimate of drug-likeness (QED) is 0.802. The van der Waals surface area contributed by atoms with Crippen molar-refractivity contribution in [2.45, 2.75) is 32.7 Å². The summed E-state index contributed by atoms with van der Waals surface area (Å²) < 4.78 is 5.94. The minimum Gasteiger partial charge on any atom is -0.489 e. The van der Waals surface area contributed by atoms with Crippen molar-refractivity contribution in [3.63, 3.8) is 0 Å². The van der Waals surface area contributed by atoms with Crippen molar-refractivity contribution in [2.24, 2.45) is 5.73 Å². The molecule has 2 rings (SSSR count). The maximum absolute atomic E-state index is 5.99. The lowest BCUT2D eigenvalue weighted by Gasteiger charge is -2.16. The summed E-state index contributed by atoms with van der Waals surface area (Å²) in [7, 11) is 0. The van der Waals surface area contributed by atoms with Crippen molar-refractivity contribution in [1.29, 1.82) is 0 Å². The molecule has 1 atom stereocenters. The Morgan fingerprint density at radius 2 is 2.00 bits per heavy atom. The van der Waals surface area contributed by atoms with Crippen molar-refractivity contribution in [3.05, 3.63) is 54.1 Å². The Labute approximate surface area is 121 Å². The van der Waals surface area contributed by atoms with E-state index < -0.39 is 0 Å². The van der Waals surface area contributed by atoms with Crippen molar-refractivity contribution >= 4 is 10.8 Å². The molecule has 2 aromatic carbocycles. The standard InChI is InChI=1S/C18H23NO/c1-4-13(2)12-20-18-10-9-15-7-5-6-8-16(15)17(18)11-14(3)19/h5-10,14H,2,4,11-12,19H2,1,3H3. The van der Waals surface area contributed by atoms with E-state index in [0.29, 0.717) is 6.61 Å². The highest BCUT2D eigenvalue weighted by Crippen LogP contribution is 2.29. The zero-order chi connectivity index (χ0) is 14.5. The van der Waals surface area contributed by atoms with Gasteiger partial charge in [-0.15, -0.1) is 0 Å². The second kappa shape index (κ2) is 6.58. The molecule has 0 aliphatic heterocycles. The Bertz CT molecular complexity index is 601. The number of hydrogen-bond donors (Lipinski definition) is 1. The molecule has 0 fully saturated rings. The van der Waals surface area contributed by atoms with Crippen LogP contribution < -0.4 is 10.5 Å². The fraction of sp³-hybridized carbons (Fsp3) is 0.333. The average molecular weight is 269 g/mol. The van der Waals surface area contributed by atoms with Gasteiger partial charge in [-0.05, 0) is 42.2 Å². The van der Waals surface area contributed by atoms with E-state index in [2.05, 4.69) is 43.8 Å². The molecule has 0 aliphatic rings. The molecule has 2 nitrogen and oxygen atoms in total. The molecule has 0 aromatic heterocycles. The first-order valence-electron chi connectivity index (χ1n) is 7.17. The van der Waals surface area contributed by atoms with E-state index in [0.717, 1.165) is 24.2 Å². The zero-order valence-corrected chi connectivity index (χ0v) is 12.4. The monoisotopic (exact) mass is 269 g/mol. The van der Waals surface area contributed by atoms with E-state index in [1.54, 1.807) is 0 Å². The predicted molar refractivity (Wildman–Crippen MR) is 86.2 cm³/mol. The van der Waals surface area contributed by atoms with Gasteiger partial charge in [0.05, 0.1) is 0 Å². The van der Waals surface area contributed by atoms with Crippen LogP contribution in [-0.2, 0) is 6.42 Å². The van der Waals surface area contributed by atoms with Crippen LogP contribution in [-0.4, -0.2) is 12.6 Å². The van der Waals surface area contributed by atoms with Gasteiger partial charge in [-0.25, -0.2) is 0 Å². The molecule has 0 bridgehead atoms. The molecule has 0 amide bonds. The highest BCUT2D eigenvalue weighted by molar-refractivity contribution is 5.87. The lowest BCUT2D eigenvalue weighted by Crippen LogP contribution is -2.18. The van der Waals surface area contributed by atoms with E-state index in [1.165, 1.54) is 16.3 Å². The molecule has 0 saturated heterocycles. The minimum atomic E-state index is 0.109. The van der Waals surface area contributed by atoms with Gasteiger partial charge in [-0.1, -0.05) is 43.8 Å². The van der Waals surface area contributed by atoms with Crippen molar-refractivity contribution < 1.29 is 4.74 Å². The van der Waals surface area contributed by atoms with Gasteiger partial charge in [0.2, 0.25) is 0 Å². The second-order valence-electron chi connectivity index (χ2n) is 5.34. The molecule has 0 aliphatic carbocycles. The highest BCUT2D eigenvalue weighted by Gasteiger charge is 2.11. The Hall–Kier alpha value is -1.80. The van der Waals surface area contributed by atoms with E-state index in [1.807, 2.05) is 13.0 Å². The zero-order valence-electron chi connectivity index (χ0n) is 12.4. The van der Waals surface area contributed by atoms with Crippen LogP contribution in [0.15, 0.2) is 48.6 Å². The van der Waals surface area contributed by atoms with Gasteiger partial charge in [0.15, 0.2) is 0 Å². The highest BCUT2D eigenvalue weighted by atomic mass is 16.5. The summed E-state index contributed by atoms with van der Waals surface area (Å²) in [6, 6.07) is 12.6. The average Bonchev–Trinajstić information content (AvgIpc) is 2.45. The summed E-state index contributed by atoms with van der Waals surface area (Å²) in [5, 5.41) is 2.45. The number of fused-ring (bicyclic) bond motifs is 1. The van der Waals surface area contributed by atoms with E-state index in [4.69, 9.17) is 10.5 Å². The summed E-state index contributed by atoms with van der Waals surface area (Å²) in [6.45, 7) is 8.68. The van der Waals surface area contributed by atoms with Crippen LogP contribution in [0.1, 0.15) is 25.8 Å². The van der Waals surface area contributed by atoms with Crippen LogP contribution in [0.25, 0.3) is 10.8 Å². The number of ether oxygens (including phenoxy) is 1. The lowest BCUT2D eigenvalue weighted by molar-refractivity contribution is 0.345. The molecule has 20 heavy (non-hydrogen) atoms. The molecular weight excluding hydrogens is 246 g/mol. The maximum Gasteiger partial charge on any atom is 0.123 e. The maximum atomic E-state index is 5.99. The molecule has 2 heteroatoms. The Morgan fingerprint density at radius 3 is 2.70 bits per heavy atom. The Morgan fingerprint density at radius 1 is 1.25 bits per heavy atom. The van der Waals surface area contributed by atoms with Crippen LogP contribution in [0.4, 0.5) is 0 Å². The molecular formula is C18H23NO. The fourth-order valence-electron chi connectivity index (χ4n) is 2.27. The smallest absolute Gasteiger partial charge is 0.123 e. The Balaban J connectivity index is 2.39. The third kappa shape index (κ3) is 3.40. The molecule has 0 saturated carbocycles. The Kier molecular flexibility index (Phi) is 4.80. The molecule has 0 spiro atoms. The predicted octanol–water partition coefficient (Wildman–Crippen LogP) is 4.07. The fourth-order valence-corrected chi connectivity index (χ4v) is 2.27. The van der Waals surface area contributed by atoms with E-state index in [9.17, 15) is 0 Å². The summed E-state index contributed by atoms with van der Waals surface area (Å²) in [6.07, 6.45) is 1.76. The van der Waals surface area contributed by atoms with Gasteiger partial charge in [-0.3, -0.25) is 0 Å². The number of rotatable bonds is 6. The second-order valence-corrected chi connectivity index (χ2v) is 5.34. The van der Waals surface area contributed by atoms with Crippen LogP contribution in [0.3, 0.4) is 0 Å².